The van der Waals surface area contributed by atoms with Crippen LogP contribution in [0.3, 0.4) is 0 Å². The second kappa shape index (κ2) is 5.71. The Bertz CT molecular complexity index is 645. The maximum atomic E-state index is 11.9. The van der Waals surface area contributed by atoms with Crippen molar-refractivity contribution in [2.24, 2.45) is 0 Å². The summed E-state index contributed by atoms with van der Waals surface area (Å²) in [5.74, 6) is 0.332. The van der Waals surface area contributed by atoms with Gasteiger partial charge in [0.05, 0.1) is 12.8 Å². The van der Waals surface area contributed by atoms with E-state index in [9.17, 15) is 9.59 Å². The number of benzene rings is 1. The van der Waals surface area contributed by atoms with Crippen LogP contribution < -0.4 is 14.9 Å². The number of thiazole rings is 1. The number of rotatable bonds is 4. The number of methoxy groups -OCH3 is 1. The molecule has 2 aromatic rings. The van der Waals surface area contributed by atoms with Crippen LogP contribution >= 0.6 is 11.3 Å². The van der Waals surface area contributed by atoms with E-state index in [1.54, 1.807) is 37.6 Å². The molecule has 0 spiro atoms. The second-order valence-electron chi connectivity index (χ2n) is 3.98. The second-order valence-corrected chi connectivity index (χ2v) is 4.80. The van der Waals surface area contributed by atoms with Gasteiger partial charge in [0, 0.05) is 11.1 Å². The molecule has 0 saturated carbocycles. The van der Waals surface area contributed by atoms with E-state index in [4.69, 9.17) is 4.74 Å². The third kappa shape index (κ3) is 3.03. The summed E-state index contributed by atoms with van der Waals surface area (Å²) < 4.78 is 6.59. The van der Waals surface area contributed by atoms with Crippen molar-refractivity contribution in [3.8, 4) is 5.75 Å². The lowest BCUT2D eigenvalue weighted by molar-refractivity contribution is -0.116. The quantitative estimate of drug-likeness (QED) is 0.928. The van der Waals surface area contributed by atoms with Crippen LogP contribution in [0.1, 0.15) is 5.69 Å². The first-order chi connectivity index (χ1) is 9.11. The summed E-state index contributed by atoms with van der Waals surface area (Å²) >= 11 is 1.09. The summed E-state index contributed by atoms with van der Waals surface area (Å²) in [7, 11) is 1.54. The van der Waals surface area contributed by atoms with Gasteiger partial charge in [0.2, 0.25) is 5.91 Å². The van der Waals surface area contributed by atoms with Gasteiger partial charge >= 0.3 is 4.87 Å². The van der Waals surface area contributed by atoms with Gasteiger partial charge in [-0.25, -0.2) is 0 Å². The van der Waals surface area contributed by atoms with E-state index in [0.29, 0.717) is 11.4 Å². The molecular formula is C13H14N2O3S. The summed E-state index contributed by atoms with van der Waals surface area (Å²) in [6.07, 6.45) is 0. The molecule has 0 aliphatic rings. The molecule has 0 bridgehead atoms. The molecule has 1 amide bonds. The fourth-order valence-electron chi connectivity index (χ4n) is 1.68. The molecule has 1 aromatic carbocycles. The molecule has 0 radical (unpaired) electrons. The molecule has 0 aliphatic carbocycles. The summed E-state index contributed by atoms with van der Waals surface area (Å²) in [6.45, 7) is 1.81. The third-order valence-electron chi connectivity index (χ3n) is 2.66. The summed E-state index contributed by atoms with van der Waals surface area (Å²) in [5.41, 5.74) is 1.38. The Hall–Kier alpha value is -2.08. The fourth-order valence-corrected chi connectivity index (χ4v) is 2.41. The van der Waals surface area contributed by atoms with Crippen LogP contribution in [-0.2, 0) is 11.3 Å². The van der Waals surface area contributed by atoms with Crippen molar-refractivity contribution in [2.75, 3.05) is 12.4 Å². The highest BCUT2D eigenvalue weighted by Gasteiger charge is 2.10. The smallest absolute Gasteiger partial charge is 0.307 e. The topological polar surface area (TPSA) is 60.3 Å². The minimum absolute atomic E-state index is 0.00617. The number of para-hydroxylation sites is 2. The first-order valence-electron chi connectivity index (χ1n) is 5.69. The Kier molecular flexibility index (Phi) is 4.01. The number of amides is 1. The van der Waals surface area contributed by atoms with Crippen LogP contribution in [0, 0.1) is 6.92 Å². The number of carbonyl (C=O) groups excluding carboxylic acids is 1. The molecule has 0 fully saturated rings. The number of carbonyl (C=O) groups is 1. The van der Waals surface area contributed by atoms with Crippen LogP contribution in [0.25, 0.3) is 0 Å². The molecule has 19 heavy (non-hydrogen) atoms. The van der Waals surface area contributed by atoms with Gasteiger partial charge in [-0.3, -0.25) is 14.2 Å². The Morgan fingerprint density at radius 2 is 2.16 bits per heavy atom. The average Bonchev–Trinajstić information content (AvgIpc) is 2.71. The minimum atomic E-state index is -0.256. The number of ether oxygens (including phenoxy) is 1. The lowest BCUT2D eigenvalue weighted by Gasteiger charge is -2.10. The number of aromatic nitrogens is 1. The molecule has 1 aromatic heterocycles. The van der Waals surface area contributed by atoms with E-state index >= 15 is 0 Å². The van der Waals surface area contributed by atoms with Crippen LogP contribution in [-0.4, -0.2) is 17.6 Å². The van der Waals surface area contributed by atoms with Crippen molar-refractivity contribution < 1.29 is 9.53 Å². The minimum Gasteiger partial charge on any atom is -0.495 e. The molecule has 0 aliphatic heterocycles. The number of hydrogen-bond donors (Lipinski definition) is 1. The van der Waals surface area contributed by atoms with Crippen LogP contribution in [0.5, 0.6) is 5.75 Å². The Morgan fingerprint density at radius 3 is 2.79 bits per heavy atom. The molecule has 1 N–H and O–H groups in total. The summed E-state index contributed by atoms with van der Waals surface area (Å²) in [6, 6.07) is 7.14. The van der Waals surface area contributed by atoms with Crippen molar-refractivity contribution in [1.82, 2.24) is 4.57 Å². The fraction of sp³-hybridized carbons (Fsp3) is 0.231. The van der Waals surface area contributed by atoms with Gasteiger partial charge in [-0.15, -0.1) is 0 Å². The van der Waals surface area contributed by atoms with Gasteiger partial charge in [-0.05, 0) is 19.1 Å². The van der Waals surface area contributed by atoms with Crippen molar-refractivity contribution in [2.45, 2.75) is 13.5 Å². The summed E-state index contributed by atoms with van der Waals surface area (Å²) in [4.78, 5) is 23.3. The van der Waals surface area contributed by atoms with E-state index in [-0.39, 0.29) is 17.3 Å². The SMILES string of the molecule is COc1ccccc1NC(=O)Cn1c(C)csc1=O. The number of anilines is 1. The van der Waals surface area contributed by atoms with E-state index in [2.05, 4.69) is 5.32 Å². The van der Waals surface area contributed by atoms with Crippen molar-refractivity contribution in [3.05, 3.63) is 45.0 Å². The highest BCUT2D eigenvalue weighted by atomic mass is 32.1. The average molecular weight is 278 g/mol. The number of nitrogens with zero attached hydrogens (tertiary/aromatic N) is 1. The Balaban J connectivity index is 2.12. The lowest BCUT2D eigenvalue weighted by atomic mass is 10.3. The zero-order valence-electron chi connectivity index (χ0n) is 10.7. The lowest BCUT2D eigenvalue weighted by Crippen LogP contribution is -2.25. The first kappa shape index (κ1) is 13.4. The molecule has 0 atom stereocenters. The Morgan fingerprint density at radius 1 is 1.42 bits per heavy atom. The molecule has 5 nitrogen and oxygen atoms in total. The molecule has 6 heteroatoms. The van der Waals surface area contributed by atoms with Crippen molar-refractivity contribution in [1.29, 1.82) is 0 Å². The van der Waals surface area contributed by atoms with Gasteiger partial charge in [-0.1, -0.05) is 23.5 Å². The highest BCUT2D eigenvalue weighted by molar-refractivity contribution is 7.07. The van der Waals surface area contributed by atoms with Gasteiger partial charge in [0.15, 0.2) is 0 Å². The van der Waals surface area contributed by atoms with Gasteiger partial charge < -0.3 is 10.1 Å². The van der Waals surface area contributed by atoms with E-state index < -0.39 is 0 Å². The van der Waals surface area contributed by atoms with Crippen LogP contribution in [0.15, 0.2) is 34.4 Å². The van der Waals surface area contributed by atoms with E-state index in [1.807, 2.05) is 6.07 Å². The number of hydrogen-bond acceptors (Lipinski definition) is 4. The number of aryl methyl sites for hydroxylation is 1. The predicted molar refractivity (Wildman–Crippen MR) is 74.9 cm³/mol. The summed E-state index contributed by atoms with van der Waals surface area (Å²) in [5, 5.41) is 4.47. The zero-order chi connectivity index (χ0) is 13.8. The van der Waals surface area contributed by atoms with Crippen molar-refractivity contribution >= 4 is 22.9 Å². The predicted octanol–water partition coefficient (Wildman–Crippen LogP) is 1.87. The zero-order valence-corrected chi connectivity index (χ0v) is 11.5. The molecule has 0 saturated heterocycles. The third-order valence-corrected chi connectivity index (χ3v) is 3.54. The number of nitrogens with one attached hydrogen (secondary N) is 1. The van der Waals surface area contributed by atoms with Crippen LogP contribution in [0.2, 0.25) is 0 Å². The standard InChI is InChI=1S/C13H14N2O3S/c1-9-8-19-13(17)15(9)7-12(16)14-10-5-3-4-6-11(10)18-2/h3-6,8H,7H2,1-2H3,(H,14,16). The Labute approximate surface area is 114 Å². The monoisotopic (exact) mass is 278 g/mol. The normalized spacial score (nSPS) is 10.2. The maximum absolute atomic E-state index is 11.9. The molecule has 0 unspecified atom stereocenters. The van der Waals surface area contributed by atoms with E-state index in [1.165, 1.54) is 4.57 Å². The molecular weight excluding hydrogens is 264 g/mol. The van der Waals surface area contributed by atoms with Gasteiger partial charge in [-0.2, -0.15) is 0 Å². The first-order valence-corrected chi connectivity index (χ1v) is 6.57. The largest absolute Gasteiger partial charge is 0.495 e. The van der Waals surface area contributed by atoms with Gasteiger partial charge in [0.1, 0.15) is 12.3 Å². The molecule has 100 valence electrons. The molecule has 2 rings (SSSR count). The highest BCUT2D eigenvalue weighted by Crippen LogP contribution is 2.22. The van der Waals surface area contributed by atoms with E-state index in [0.717, 1.165) is 17.0 Å². The maximum Gasteiger partial charge on any atom is 0.307 e. The van der Waals surface area contributed by atoms with Gasteiger partial charge in [0.25, 0.3) is 0 Å². The van der Waals surface area contributed by atoms with Crippen LogP contribution in [0.4, 0.5) is 5.69 Å². The van der Waals surface area contributed by atoms with Crippen molar-refractivity contribution in [3.63, 3.8) is 0 Å². The molecule has 1 heterocycles.